The number of ether oxygens (including phenoxy) is 2. The number of amidine groups is 1. The molecule has 0 saturated carbocycles. The Morgan fingerprint density at radius 2 is 1.76 bits per heavy atom. The number of hydrogen-bond donors (Lipinski definition) is 1. The summed E-state index contributed by atoms with van der Waals surface area (Å²) in [5, 5.41) is 3.09. The van der Waals surface area contributed by atoms with Crippen LogP contribution in [0.5, 0.6) is 11.5 Å². The monoisotopic (exact) mass is 475 g/mol. The standard InChI is InChI=1S/C23H23F2N3O4S/c1-14(2)26-20(29)13-33-23-27-19(12-15-4-8-17(31-3)9-5-15)21(30)28(23)16-6-10-18(11-7-16)32-22(24)25/h4-12,14,22H,13H2,1-3H3,(H,26,29). The summed E-state index contributed by atoms with van der Waals surface area (Å²) >= 11 is 1.11. The van der Waals surface area contributed by atoms with E-state index in [2.05, 4.69) is 15.0 Å². The molecular weight excluding hydrogens is 452 g/mol. The minimum Gasteiger partial charge on any atom is -0.497 e. The molecule has 2 amide bonds. The Morgan fingerprint density at radius 3 is 2.33 bits per heavy atom. The largest absolute Gasteiger partial charge is 0.497 e. The molecule has 3 rings (SSSR count). The first-order valence-corrected chi connectivity index (χ1v) is 11.0. The van der Waals surface area contributed by atoms with Crippen LogP contribution in [0.1, 0.15) is 19.4 Å². The van der Waals surface area contributed by atoms with E-state index in [4.69, 9.17) is 4.74 Å². The molecule has 0 spiro atoms. The van der Waals surface area contributed by atoms with Crippen molar-refractivity contribution in [2.75, 3.05) is 17.8 Å². The highest BCUT2D eigenvalue weighted by Gasteiger charge is 2.32. The molecule has 0 aromatic heterocycles. The molecule has 0 unspecified atom stereocenters. The van der Waals surface area contributed by atoms with E-state index in [0.29, 0.717) is 16.6 Å². The second kappa shape index (κ2) is 11.0. The van der Waals surface area contributed by atoms with Gasteiger partial charge in [-0.3, -0.25) is 14.5 Å². The molecular formula is C23H23F2N3O4S. The van der Waals surface area contributed by atoms with Gasteiger partial charge >= 0.3 is 6.61 Å². The first kappa shape index (κ1) is 24.2. The number of anilines is 1. The van der Waals surface area contributed by atoms with Crippen LogP contribution >= 0.6 is 11.8 Å². The summed E-state index contributed by atoms with van der Waals surface area (Å²) in [6, 6.07) is 12.7. The van der Waals surface area contributed by atoms with Crippen molar-refractivity contribution in [3.8, 4) is 11.5 Å². The van der Waals surface area contributed by atoms with Crippen LogP contribution < -0.4 is 19.7 Å². The van der Waals surface area contributed by atoms with Crippen LogP contribution in [-0.2, 0) is 9.59 Å². The van der Waals surface area contributed by atoms with Crippen molar-refractivity contribution < 1.29 is 27.8 Å². The Morgan fingerprint density at radius 1 is 1.12 bits per heavy atom. The van der Waals surface area contributed by atoms with Gasteiger partial charge in [-0.15, -0.1) is 0 Å². The Bertz CT molecular complexity index is 1050. The molecule has 1 N–H and O–H groups in total. The molecule has 2 aromatic carbocycles. The molecule has 0 bridgehead atoms. The van der Waals surface area contributed by atoms with E-state index in [-0.39, 0.29) is 29.1 Å². The normalized spacial score (nSPS) is 14.8. The Labute approximate surface area is 194 Å². The average Bonchev–Trinajstić information content (AvgIpc) is 3.07. The van der Waals surface area contributed by atoms with Crippen molar-refractivity contribution in [3.05, 3.63) is 59.8 Å². The predicted octanol–water partition coefficient (Wildman–Crippen LogP) is 4.30. The summed E-state index contributed by atoms with van der Waals surface area (Å²) in [5.74, 6) is 0.109. The quantitative estimate of drug-likeness (QED) is 0.576. The van der Waals surface area contributed by atoms with Crippen LogP contribution in [0.4, 0.5) is 14.5 Å². The van der Waals surface area contributed by atoms with Gasteiger partial charge in [0.15, 0.2) is 5.17 Å². The van der Waals surface area contributed by atoms with Crippen molar-refractivity contribution >= 4 is 40.5 Å². The molecule has 0 radical (unpaired) electrons. The van der Waals surface area contributed by atoms with Crippen molar-refractivity contribution in [2.24, 2.45) is 4.99 Å². The number of rotatable bonds is 8. The molecule has 33 heavy (non-hydrogen) atoms. The summed E-state index contributed by atoms with van der Waals surface area (Å²) in [7, 11) is 1.56. The smallest absolute Gasteiger partial charge is 0.387 e. The Kier molecular flexibility index (Phi) is 8.05. The van der Waals surface area contributed by atoms with Crippen molar-refractivity contribution in [2.45, 2.75) is 26.5 Å². The highest BCUT2D eigenvalue weighted by Crippen LogP contribution is 2.31. The molecule has 10 heteroatoms. The zero-order chi connectivity index (χ0) is 24.0. The number of hydrogen-bond acceptors (Lipinski definition) is 6. The van der Waals surface area contributed by atoms with Crippen LogP contribution in [0.15, 0.2) is 59.2 Å². The molecule has 1 aliphatic rings. The SMILES string of the molecule is COc1ccc(C=C2N=C(SCC(=O)NC(C)C)N(c3ccc(OC(F)F)cc3)C2=O)cc1. The third kappa shape index (κ3) is 6.55. The third-order valence-corrected chi connectivity index (χ3v) is 5.29. The molecule has 174 valence electrons. The summed E-state index contributed by atoms with van der Waals surface area (Å²) < 4.78 is 34.4. The lowest BCUT2D eigenvalue weighted by atomic mass is 10.2. The number of nitrogens with zero attached hydrogens (tertiary/aromatic N) is 2. The molecule has 1 heterocycles. The minimum absolute atomic E-state index is 0.0192. The zero-order valence-corrected chi connectivity index (χ0v) is 19.1. The molecule has 0 fully saturated rings. The fourth-order valence-electron chi connectivity index (χ4n) is 2.95. The number of carbonyl (C=O) groups is 2. The van der Waals surface area contributed by atoms with Crippen LogP contribution in [0.25, 0.3) is 6.08 Å². The molecule has 2 aromatic rings. The Hall–Kier alpha value is -3.40. The average molecular weight is 476 g/mol. The highest BCUT2D eigenvalue weighted by atomic mass is 32.2. The maximum atomic E-state index is 13.2. The topological polar surface area (TPSA) is 80.2 Å². The fourth-order valence-corrected chi connectivity index (χ4v) is 3.77. The number of nitrogens with one attached hydrogen (secondary N) is 1. The third-order valence-electron chi connectivity index (χ3n) is 4.35. The van der Waals surface area contributed by atoms with E-state index in [9.17, 15) is 18.4 Å². The van der Waals surface area contributed by atoms with Gasteiger partial charge in [0.2, 0.25) is 5.91 Å². The molecule has 0 aliphatic carbocycles. The van der Waals surface area contributed by atoms with Gasteiger partial charge in [-0.1, -0.05) is 23.9 Å². The number of methoxy groups -OCH3 is 1. The van der Waals surface area contributed by atoms with Gasteiger partial charge in [-0.05, 0) is 61.9 Å². The molecule has 7 nitrogen and oxygen atoms in total. The Balaban J connectivity index is 1.88. The fraction of sp³-hybridized carbons (Fsp3) is 0.261. The van der Waals surface area contributed by atoms with Gasteiger partial charge in [0.25, 0.3) is 5.91 Å². The lowest BCUT2D eigenvalue weighted by Gasteiger charge is -2.18. The van der Waals surface area contributed by atoms with E-state index in [1.165, 1.54) is 29.2 Å². The number of amides is 2. The van der Waals surface area contributed by atoms with Gasteiger partial charge in [0.05, 0.1) is 18.6 Å². The second-order valence-corrected chi connectivity index (χ2v) is 8.16. The number of thioether (sulfide) groups is 1. The van der Waals surface area contributed by atoms with Gasteiger partial charge in [-0.2, -0.15) is 8.78 Å². The zero-order valence-electron chi connectivity index (χ0n) is 18.2. The van der Waals surface area contributed by atoms with Crippen LogP contribution in [-0.4, -0.2) is 42.5 Å². The maximum absolute atomic E-state index is 13.2. The van der Waals surface area contributed by atoms with Crippen molar-refractivity contribution in [1.29, 1.82) is 0 Å². The van der Waals surface area contributed by atoms with E-state index in [0.717, 1.165) is 17.3 Å². The summed E-state index contributed by atoms with van der Waals surface area (Å²) in [6.07, 6.45) is 1.63. The van der Waals surface area contributed by atoms with Crippen LogP contribution in [0.3, 0.4) is 0 Å². The number of benzene rings is 2. The number of alkyl halides is 2. The lowest BCUT2D eigenvalue weighted by Crippen LogP contribution is -2.34. The van der Waals surface area contributed by atoms with E-state index >= 15 is 0 Å². The molecule has 1 aliphatic heterocycles. The number of carbonyl (C=O) groups excluding carboxylic acids is 2. The minimum atomic E-state index is -2.95. The van der Waals surface area contributed by atoms with E-state index in [1.54, 1.807) is 37.5 Å². The molecule has 0 saturated heterocycles. The van der Waals surface area contributed by atoms with Crippen LogP contribution in [0.2, 0.25) is 0 Å². The lowest BCUT2D eigenvalue weighted by molar-refractivity contribution is -0.119. The van der Waals surface area contributed by atoms with Crippen molar-refractivity contribution in [3.63, 3.8) is 0 Å². The van der Waals surface area contributed by atoms with Crippen molar-refractivity contribution in [1.82, 2.24) is 5.32 Å². The summed E-state index contributed by atoms with van der Waals surface area (Å²) in [6.45, 7) is 0.754. The second-order valence-electron chi connectivity index (χ2n) is 7.22. The van der Waals surface area contributed by atoms with Gasteiger partial charge in [-0.25, -0.2) is 4.99 Å². The van der Waals surface area contributed by atoms with Gasteiger partial charge in [0.1, 0.15) is 17.2 Å². The summed E-state index contributed by atoms with van der Waals surface area (Å²) in [5.41, 5.74) is 1.34. The maximum Gasteiger partial charge on any atom is 0.387 e. The number of aliphatic imine (C=N–C) groups is 1. The number of halogens is 2. The van der Waals surface area contributed by atoms with E-state index in [1.807, 2.05) is 13.8 Å². The van der Waals surface area contributed by atoms with Gasteiger partial charge in [0, 0.05) is 6.04 Å². The highest BCUT2D eigenvalue weighted by molar-refractivity contribution is 8.14. The molecule has 0 atom stereocenters. The first-order valence-electron chi connectivity index (χ1n) is 10.0. The van der Waals surface area contributed by atoms with Crippen LogP contribution in [0, 0.1) is 0 Å². The summed E-state index contributed by atoms with van der Waals surface area (Å²) in [4.78, 5) is 31.1. The van der Waals surface area contributed by atoms with Gasteiger partial charge < -0.3 is 14.8 Å². The first-order chi connectivity index (χ1) is 15.8. The predicted molar refractivity (Wildman–Crippen MR) is 125 cm³/mol. The van der Waals surface area contributed by atoms with E-state index < -0.39 is 12.5 Å².